The van der Waals surface area contributed by atoms with Crippen LogP contribution in [0, 0.1) is 6.92 Å². The van der Waals surface area contributed by atoms with Crippen molar-refractivity contribution < 1.29 is 0 Å². The van der Waals surface area contributed by atoms with Crippen molar-refractivity contribution in [2.45, 2.75) is 6.92 Å². The zero-order chi connectivity index (χ0) is 4.41. The van der Waals surface area contributed by atoms with Crippen molar-refractivity contribution in [1.29, 1.82) is 0 Å². The average Bonchev–Trinajstić information content (AvgIpc) is 1.86. The van der Waals surface area contributed by atoms with Gasteiger partial charge in [0.15, 0.2) is 0 Å². The molecule has 0 amide bonds. The summed E-state index contributed by atoms with van der Waals surface area (Å²) in [5, 5.41) is 0. The summed E-state index contributed by atoms with van der Waals surface area (Å²) >= 11 is 0. The Labute approximate surface area is 45.3 Å². The summed E-state index contributed by atoms with van der Waals surface area (Å²) < 4.78 is 0. The second kappa shape index (κ2) is 2.51. The fourth-order valence-corrected chi connectivity index (χ4v) is 0.420. The standard InChI is InChI=1S/C5H7N.B/c1-5-3-2-4-6-5;/h2-4,6H,1H3;. The van der Waals surface area contributed by atoms with E-state index in [-0.39, 0.29) is 8.41 Å². The number of aromatic amines is 1. The first-order chi connectivity index (χ1) is 2.89. The fraction of sp³-hybridized carbons (Fsp3) is 0.200. The summed E-state index contributed by atoms with van der Waals surface area (Å²) in [6.45, 7) is 2.03. The van der Waals surface area contributed by atoms with Gasteiger partial charge >= 0.3 is 0 Å². The SMILES string of the molecule is Cc1ccc[nH]1.[B]. The highest BCUT2D eigenvalue weighted by atomic mass is 14.7. The second-order valence-corrected chi connectivity index (χ2v) is 1.35. The molecule has 0 saturated carbocycles. The lowest BCUT2D eigenvalue weighted by molar-refractivity contribution is 1.27. The van der Waals surface area contributed by atoms with E-state index < -0.39 is 0 Å². The molecule has 3 radical (unpaired) electrons. The van der Waals surface area contributed by atoms with Crippen LogP contribution in [0.15, 0.2) is 18.3 Å². The highest BCUT2D eigenvalue weighted by Gasteiger charge is 1.72. The Balaban J connectivity index is 0.000000360. The van der Waals surface area contributed by atoms with Gasteiger partial charge in [-0.05, 0) is 19.1 Å². The van der Waals surface area contributed by atoms with Crippen molar-refractivity contribution in [2.75, 3.05) is 0 Å². The van der Waals surface area contributed by atoms with Crippen LogP contribution in [0.1, 0.15) is 5.69 Å². The van der Waals surface area contributed by atoms with Gasteiger partial charge in [-0.15, -0.1) is 0 Å². The second-order valence-electron chi connectivity index (χ2n) is 1.35. The van der Waals surface area contributed by atoms with E-state index in [1.807, 2.05) is 25.3 Å². The number of aryl methyl sites for hydroxylation is 1. The van der Waals surface area contributed by atoms with Crippen LogP contribution in [0.2, 0.25) is 0 Å². The first-order valence-corrected chi connectivity index (χ1v) is 1.99. The van der Waals surface area contributed by atoms with Crippen molar-refractivity contribution in [1.82, 2.24) is 4.98 Å². The minimum absolute atomic E-state index is 0. The number of rotatable bonds is 0. The number of H-pyrrole nitrogens is 1. The van der Waals surface area contributed by atoms with Crippen LogP contribution >= 0.6 is 0 Å². The van der Waals surface area contributed by atoms with Crippen molar-refractivity contribution in [3.05, 3.63) is 24.0 Å². The molecule has 7 heavy (non-hydrogen) atoms. The van der Waals surface area contributed by atoms with Crippen molar-refractivity contribution in [3.63, 3.8) is 0 Å². The lowest BCUT2D eigenvalue weighted by Gasteiger charge is -1.70. The van der Waals surface area contributed by atoms with E-state index in [1.165, 1.54) is 5.69 Å². The lowest BCUT2D eigenvalue weighted by atomic mass is 10.5. The third-order valence-corrected chi connectivity index (χ3v) is 0.753. The summed E-state index contributed by atoms with van der Waals surface area (Å²) in [6, 6.07) is 4.01. The molecule has 35 valence electrons. The molecule has 1 N–H and O–H groups in total. The molecule has 1 aromatic heterocycles. The van der Waals surface area contributed by atoms with Crippen LogP contribution in [0.4, 0.5) is 0 Å². The number of hydrogen-bond acceptors (Lipinski definition) is 0. The van der Waals surface area contributed by atoms with Gasteiger partial charge in [0.2, 0.25) is 0 Å². The smallest absolute Gasteiger partial charge is 0.0115 e. The molecule has 0 unspecified atom stereocenters. The molecule has 2 heteroatoms. The van der Waals surface area contributed by atoms with E-state index >= 15 is 0 Å². The topological polar surface area (TPSA) is 15.8 Å². The van der Waals surface area contributed by atoms with Gasteiger partial charge in [-0.25, -0.2) is 0 Å². The lowest BCUT2D eigenvalue weighted by Crippen LogP contribution is -1.59. The Morgan fingerprint density at radius 3 is 2.43 bits per heavy atom. The Bertz CT molecular complexity index is 112. The maximum absolute atomic E-state index is 3.00. The van der Waals surface area contributed by atoms with Gasteiger partial charge in [0.25, 0.3) is 0 Å². The highest BCUT2D eigenvalue weighted by molar-refractivity contribution is 5.75. The van der Waals surface area contributed by atoms with Gasteiger partial charge in [0, 0.05) is 20.3 Å². The monoisotopic (exact) mass is 92.1 g/mol. The van der Waals surface area contributed by atoms with Crippen molar-refractivity contribution in [2.24, 2.45) is 0 Å². The molecular formula is C5H7BN. The van der Waals surface area contributed by atoms with Gasteiger partial charge in [0.05, 0.1) is 0 Å². The van der Waals surface area contributed by atoms with E-state index in [4.69, 9.17) is 0 Å². The van der Waals surface area contributed by atoms with Gasteiger partial charge in [0.1, 0.15) is 0 Å². The molecule has 0 bridgehead atoms. The summed E-state index contributed by atoms with van der Waals surface area (Å²) in [5.74, 6) is 0. The van der Waals surface area contributed by atoms with E-state index in [0.717, 1.165) is 0 Å². The normalized spacial score (nSPS) is 7.57. The molecule has 0 fully saturated rings. The van der Waals surface area contributed by atoms with Crippen LogP contribution < -0.4 is 0 Å². The third-order valence-electron chi connectivity index (χ3n) is 0.753. The summed E-state index contributed by atoms with van der Waals surface area (Å²) in [5.41, 5.74) is 1.22. The summed E-state index contributed by atoms with van der Waals surface area (Å²) in [6.07, 6.45) is 1.91. The average molecular weight is 91.9 g/mol. The number of hydrogen-bond donors (Lipinski definition) is 1. The maximum Gasteiger partial charge on any atom is 0.0115 e. The fourth-order valence-electron chi connectivity index (χ4n) is 0.420. The Hall–Kier alpha value is -0.655. The number of nitrogens with one attached hydrogen (secondary N) is 1. The molecule has 0 aromatic carbocycles. The largest absolute Gasteiger partial charge is 0.365 e. The van der Waals surface area contributed by atoms with Gasteiger partial charge in [-0.2, -0.15) is 0 Å². The zero-order valence-corrected chi connectivity index (χ0v) is 4.31. The molecule has 0 aliphatic heterocycles. The first-order valence-electron chi connectivity index (χ1n) is 1.99. The predicted molar refractivity (Wildman–Crippen MR) is 31.3 cm³/mol. The van der Waals surface area contributed by atoms with Gasteiger partial charge < -0.3 is 4.98 Å². The Morgan fingerprint density at radius 1 is 1.57 bits per heavy atom. The van der Waals surface area contributed by atoms with Gasteiger partial charge in [-0.1, -0.05) is 0 Å². The van der Waals surface area contributed by atoms with E-state index in [0.29, 0.717) is 0 Å². The predicted octanol–water partition coefficient (Wildman–Crippen LogP) is 0.942. The van der Waals surface area contributed by atoms with Crippen LogP contribution in [0.5, 0.6) is 0 Å². The summed E-state index contributed by atoms with van der Waals surface area (Å²) in [4.78, 5) is 3.00. The first kappa shape index (κ1) is 6.34. The molecule has 1 nitrogen and oxygen atoms in total. The van der Waals surface area contributed by atoms with Crippen molar-refractivity contribution in [3.8, 4) is 0 Å². The molecule has 0 spiro atoms. The minimum atomic E-state index is 0. The van der Waals surface area contributed by atoms with E-state index in [1.54, 1.807) is 0 Å². The Kier molecular flexibility index (Phi) is 2.27. The molecule has 0 aliphatic carbocycles. The molecule has 0 aliphatic rings. The highest BCUT2D eigenvalue weighted by Crippen LogP contribution is 1.86. The summed E-state index contributed by atoms with van der Waals surface area (Å²) in [7, 11) is 0. The van der Waals surface area contributed by atoms with Gasteiger partial charge in [-0.3, -0.25) is 0 Å². The third kappa shape index (κ3) is 1.49. The van der Waals surface area contributed by atoms with Crippen molar-refractivity contribution >= 4 is 8.41 Å². The molecule has 0 atom stereocenters. The molecule has 1 rings (SSSR count). The van der Waals surface area contributed by atoms with E-state index in [2.05, 4.69) is 4.98 Å². The van der Waals surface area contributed by atoms with Crippen LogP contribution in [0.3, 0.4) is 0 Å². The molecular weight excluding hydrogens is 84.9 g/mol. The maximum atomic E-state index is 3.00. The number of aromatic nitrogens is 1. The van der Waals surface area contributed by atoms with Crippen LogP contribution in [-0.4, -0.2) is 13.4 Å². The quantitative estimate of drug-likeness (QED) is 0.458. The minimum Gasteiger partial charge on any atom is -0.365 e. The zero-order valence-electron chi connectivity index (χ0n) is 4.31. The molecule has 0 saturated heterocycles. The van der Waals surface area contributed by atoms with Crippen LogP contribution in [0.25, 0.3) is 0 Å². The van der Waals surface area contributed by atoms with Crippen LogP contribution in [-0.2, 0) is 0 Å². The molecule has 1 heterocycles. The molecule has 1 aromatic rings. The Morgan fingerprint density at radius 2 is 2.29 bits per heavy atom. The van der Waals surface area contributed by atoms with E-state index in [9.17, 15) is 0 Å².